The van der Waals surface area contributed by atoms with Crippen LogP contribution in [0.4, 0.5) is 0 Å². The third-order valence-electron chi connectivity index (χ3n) is 2.30. The summed E-state index contributed by atoms with van der Waals surface area (Å²) in [7, 11) is 1.99. The Hall–Kier alpha value is -0.320. The van der Waals surface area contributed by atoms with Gasteiger partial charge in [0.05, 0.1) is 0 Å². The quantitative estimate of drug-likeness (QED) is 0.849. The number of halogens is 2. The van der Waals surface area contributed by atoms with E-state index in [9.17, 15) is 0 Å². The number of hydrogen-bond donors (Lipinski definition) is 2. The lowest BCUT2D eigenvalue weighted by Gasteiger charge is -2.20. The molecule has 0 aromatic heterocycles. The maximum atomic E-state index is 6.08. The van der Waals surface area contributed by atoms with Crippen molar-refractivity contribution in [3.05, 3.63) is 33.8 Å². The Morgan fingerprint density at radius 1 is 1.38 bits per heavy atom. The van der Waals surface area contributed by atoms with Crippen molar-refractivity contribution in [2.75, 3.05) is 20.1 Å². The van der Waals surface area contributed by atoms with Crippen molar-refractivity contribution >= 4 is 23.2 Å². The summed E-state index contributed by atoms with van der Waals surface area (Å²) in [6.07, 6.45) is 0. The zero-order valence-electron chi connectivity index (χ0n) is 9.29. The molecule has 0 fully saturated rings. The molecular weight excluding hydrogens is 245 g/mol. The Labute approximate surface area is 106 Å². The van der Waals surface area contributed by atoms with Crippen molar-refractivity contribution < 1.29 is 0 Å². The van der Waals surface area contributed by atoms with Gasteiger partial charge in [-0.15, -0.1) is 0 Å². The Balaban J connectivity index is 2.59. The minimum Gasteiger partial charge on any atom is -0.329 e. The van der Waals surface area contributed by atoms with Gasteiger partial charge in [0.15, 0.2) is 0 Å². The highest BCUT2D eigenvalue weighted by atomic mass is 35.5. The summed E-state index contributed by atoms with van der Waals surface area (Å²) >= 11 is 11.9. The molecule has 0 aliphatic heterocycles. The Bertz CT molecular complexity index is 344. The summed E-state index contributed by atoms with van der Waals surface area (Å²) in [6.45, 7) is 1.97. The van der Waals surface area contributed by atoms with Gasteiger partial charge in [-0.05, 0) is 24.7 Å². The number of nitrogens with two attached hydrogens (primary N) is 2. The van der Waals surface area contributed by atoms with E-state index < -0.39 is 0 Å². The Morgan fingerprint density at radius 2 is 2.06 bits per heavy atom. The molecule has 0 saturated carbocycles. The summed E-state index contributed by atoms with van der Waals surface area (Å²) in [4.78, 5) is 2.09. The van der Waals surface area contributed by atoms with Crippen molar-refractivity contribution in [2.24, 2.45) is 11.5 Å². The lowest BCUT2D eigenvalue weighted by atomic mass is 10.2. The normalized spacial score (nSPS) is 13.1. The first-order valence-electron chi connectivity index (χ1n) is 5.11. The molecule has 0 aliphatic rings. The number of likely N-dealkylation sites (N-methyl/N-ethyl adjacent to an activating group) is 1. The fourth-order valence-electron chi connectivity index (χ4n) is 1.48. The van der Waals surface area contributed by atoms with Crippen molar-refractivity contribution in [2.45, 2.75) is 12.6 Å². The van der Waals surface area contributed by atoms with Crippen molar-refractivity contribution in [3.8, 4) is 0 Å². The highest BCUT2D eigenvalue weighted by molar-refractivity contribution is 6.35. The van der Waals surface area contributed by atoms with Crippen LogP contribution in [0.25, 0.3) is 0 Å². The molecule has 0 bridgehead atoms. The van der Waals surface area contributed by atoms with Crippen molar-refractivity contribution in [3.63, 3.8) is 0 Å². The maximum Gasteiger partial charge on any atom is 0.0465 e. The SMILES string of the molecule is CN(Cc1ccc(Cl)cc1Cl)CC(N)CN. The lowest BCUT2D eigenvalue weighted by molar-refractivity contribution is 0.305. The minimum absolute atomic E-state index is 0.00363. The van der Waals surface area contributed by atoms with Crippen LogP contribution in [0.5, 0.6) is 0 Å². The van der Waals surface area contributed by atoms with E-state index in [0.717, 1.165) is 18.7 Å². The van der Waals surface area contributed by atoms with E-state index in [1.54, 1.807) is 6.07 Å². The summed E-state index contributed by atoms with van der Waals surface area (Å²) in [5, 5.41) is 1.33. The number of benzene rings is 1. The molecule has 16 heavy (non-hydrogen) atoms. The highest BCUT2D eigenvalue weighted by Crippen LogP contribution is 2.21. The zero-order chi connectivity index (χ0) is 12.1. The van der Waals surface area contributed by atoms with Gasteiger partial charge in [-0.3, -0.25) is 0 Å². The topological polar surface area (TPSA) is 55.3 Å². The molecule has 0 spiro atoms. The molecule has 1 aromatic rings. The van der Waals surface area contributed by atoms with E-state index in [2.05, 4.69) is 4.90 Å². The monoisotopic (exact) mass is 261 g/mol. The van der Waals surface area contributed by atoms with Crippen LogP contribution in [0.15, 0.2) is 18.2 Å². The summed E-state index contributed by atoms with van der Waals surface area (Å²) in [6, 6.07) is 5.50. The van der Waals surface area contributed by atoms with Gasteiger partial charge in [-0.25, -0.2) is 0 Å². The van der Waals surface area contributed by atoms with Crippen molar-refractivity contribution in [1.82, 2.24) is 4.90 Å². The van der Waals surface area contributed by atoms with Crippen LogP contribution in [0.3, 0.4) is 0 Å². The molecule has 4 N–H and O–H groups in total. The molecule has 90 valence electrons. The second-order valence-electron chi connectivity index (χ2n) is 3.93. The first-order valence-corrected chi connectivity index (χ1v) is 5.86. The first kappa shape index (κ1) is 13.7. The molecule has 0 saturated heterocycles. The largest absolute Gasteiger partial charge is 0.329 e. The second kappa shape index (κ2) is 6.42. The molecule has 5 heteroatoms. The van der Waals surface area contributed by atoms with E-state index in [1.807, 2.05) is 19.2 Å². The molecular formula is C11H17Cl2N3. The second-order valence-corrected chi connectivity index (χ2v) is 4.77. The van der Waals surface area contributed by atoms with Crippen LogP contribution >= 0.6 is 23.2 Å². The molecule has 1 atom stereocenters. The standard InChI is InChI=1S/C11H17Cl2N3/c1-16(7-10(15)5-14)6-8-2-3-9(12)4-11(8)13/h2-4,10H,5-7,14-15H2,1H3. The van der Waals surface area contributed by atoms with Gasteiger partial charge in [0.2, 0.25) is 0 Å². The molecule has 0 amide bonds. The predicted molar refractivity (Wildman–Crippen MR) is 69.8 cm³/mol. The summed E-state index contributed by atoms with van der Waals surface area (Å²) in [5.41, 5.74) is 12.3. The predicted octanol–water partition coefficient (Wildman–Crippen LogP) is 1.71. The molecule has 0 aliphatic carbocycles. The fraction of sp³-hybridized carbons (Fsp3) is 0.455. The molecule has 0 heterocycles. The van der Waals surface area contributed by atoms with Crippen LogP contribution in [0.1, 0.15) is 5.56 Å². The lowest BCUT2D eigenvalue weighted by Crippen LogP contribution is -2.40. The summed E-state index contributed by atoms with van der Waals surface area (Å²) < 4.78 is 0. The summed E-state index contributed by atoms with van der Waals surface area (Å²) in [5.74, 6) is 0. The smallest absolute Gasteiger partial charge is 0.0465 e. The molecule has 1 aromatic carbocycles. The number of nitrogens with zero attached hydrogens (tertiary/aromatic N) is 1. The maximum absolute atomic E-state index is 6.08. The van der Waals surface area contributed by atoms with E-state index in [-0.39, 0.29) is 6.04 Å². The van der Waals surface area contributed by atoms with Gasteiger partial charge in [0, 0.05) is 35.7 Å². The van der Waals surface area contributed by atoms with E-state index in [0.29, 0.717) is 16.6 Å². The molecule has 1 rings (SSSR count). The van der Waals surface area contributed by atoms with Crippen molar-refractivity contribution in [1.29, 1.82) is 0 Å². The Kier molecular flexibility index (Phi) is 5.52. The highest BCUT2D eigenvalue weighted by Gasteiger charge is 2.08. The van der Waals surface area contributed by atoms with Gasteiger partial charge >= 0.3 is 0 Å². The van der Waals surface area contributed by atoms with E-state index in [4.69, 9.17) is 34.7 Å². The molecule has 1 unspecified atom stereocenters. The number of rotatable bonds is 5. The number of hydrogen-bond acceptors (Lipinski definition) is 3. The average Bonchev–Trinajstić information content (AvgIpc) is 2.22. The van der Waals surface area contributed by atoms with Gasteiger partial charge in [0.25, 0.3) is 0 Å². The third-order valence-corrected chi connectivity index (χ3v) is 2.89. The third kappa shape index (κ3) is 4.28. The van der Waals surface area contributed by atoms with Gasteiger partial charge in [0.1, 0.15) is 0 Å². The minimum atomic E-state index is -0.00363. The molecule has 3 nitrogen and oxygen atoms in total. The van der Waals surface area contributed by atoms with Crippen LogP contribution in [-0.2, 0) is 6.54 Å². The van der Waals surface area contributed by atoms with E-state index in [1.165, 1.54) is 0 Å². The van der Waals surface area contributed by atoms with E-state index >= 15 is 0 Å². The zero-order valence-corrected chi connectivity index (χ0v) is 10.8. The van der Waals surface area contributed by atoms with Gasteiger partial charge in [-0.1, -0.05) is 29.3 Å². The van der Waals surface area contributed by atoms with Gasteiger partial charge < -0.3 is 16.4 Å². The Morgan fingerprint density at radius 3 is 2.62 bits per heavy atom. The average molecular weight is 262 g/mol. The molecule has 0 radical (unpaired) electrons. The fourth-order valence-corrected chi connectivity index (χ4v) is 1.95. The van der Waals surface area contributed by atoms with Crippen LogP contribution < -0.4 is 11.5 Å². The van der Waals surface area contributed by atoms with Crippen LogP contribution in [0.2, 0.25) is 10.0 Å². The first-order chi connectivity index (χ1) is 7.52. The van der Waals surface area contributed by atoms with Gasteiger partial charge in [-0.2, -0.15) is 0 Å². The van der Waals surface area contributed by atoms with Crippen LogP contribution in [-0.4, -0.2) is 31.1 Å². The van der Waals surface area contributed by atoms with Crippen LogP contribution in [0, 0.1) is 0 Å².